The Morgan fingerprint density at radius 2 is 1.23 bits per heavy atom. The number of carbonyl (C=O) groups is 1. The SMILES string of the molecule is CC(C)(CO)CO.CC1CCCC(C)C12OCC(C)(C)CO2.CC1CCCC(C)C1=O. The van der Waals surface area contributed by atoms with Crippen molar-refractivity contribution in [1.29, 1.82) is 0 Å². The van der Waals surface area contributed by atoms with E-state index in [1.165, 1.54) is 25.7 Å². The monoisotopic (exact) mass is 442 g/mol. The van der Waals surface area contributed by atoms with E-state index >= 15 is 0 Å². The van der Waals surface area contributed by atoms with E-state index in [-0.39, 0.29) is 29.8 Å². The summed E-state index contributed by atoms with van der Waals surface area (Å²) < 4.78 is 12.2. The van der Waals surface area contributed by atoms with E-state index in [9.17, 15) is 4.79 Å². The van der Waals surface area contributed by atoms with E-state index in [1.54, 1.807) is 13.8 Å². The quantitative estimate of drug-likeness (QED) is 0.613. The van der Waals surface area contributed by atoms with Gasteiger partial charge < -0.3 is 19.7 Å². The number of hydrogen-bond acceptors (Lipinski definition) is 5. The van der Waals surface area contributed by atoms with Crippen LogP contribution in [-0.2, 0) is 14.3 Å². The number of ketones is 1. The molecule has 0 bridgehead atoms. The van der Waals surface area contributed by atoms with Crippen molar-refractivity contribution in [1.82, 2.24) is 0 Å². The van der Waals surface area contributed by atoms with Gasteiger partial charge in [-0.3, -0.25) is 4.79 Å². The highest BCUT2D eigenvalue weighted by Crippen LogP contribution is 2.45. The second-order valence-electron chi connectivity index (χ2n) is 11.8. The lowest BCUT2D eigenvalue weighted by Crippen LogP contribution is -2.56. The van der Waals surface area contributed by atoms with Gasteiger partial charge in [0.15, 0.2) is 5.79 Å². The van der Waals surface area contributed by atoms with Gasteiger partial charge >= 0.3 is 0 Å². The van der Waals surface area contributed by atoms with Crippen LogP contribution in [0.25, 0.3) is 0 Å². The molecular weight excluding hydrogens is 392 g/mol. The molecule has 2 N–H and O–H groups in total. The summed E-state index contributed by atoms with van der Waals surface area (Å²) in [7, 11) is 0. The largest absolute Gasteiger partial charge is 0.396 e. The number of carbonyl (C=O) groups excluding carboxylic acids is 1. The lowest BCUT2D eigenvalue weighted by molar-refractivity contribution is -0.349. The van der Waals surface area contributed by atoms with Gasteiger partial charge in [0.25, 0.3) is 0 Å². The lowest BCUT2D eigenvalue weighted by atomic mass is 9.76. The van der Waals surface area contributed by atoms with Crippen LogP contribution in [0.1, 0.15) is 93.9 Å². The highest BCUT2D eigenvalue weighted by molar-refractivity contribution is 5.83. The van der Waals surface area contributed by atoms with Crippen LogP contribution in [0.5, 0.6) is 0 Å². The summed E-state index contributed by atoms with van der Waals surface area (Å²) in [5, 5.41) is 16.9. The van der Waals surface area contributed by atoms with E-state index in [0.717, 1.165) is 26.1 Å². The molecule has 2 saturated carbocycles. The van der Waals surface area contributed by atoms with Gasteiger partial charge in [-0.15, -0.1) is 0 Å². The Morgan fingerprint density at radius 3 is 1.55 bits per heavy atom. The summed E-state index contributed by atoms with van der Waals surface area (Å²) in [5.41, 5.74) is -0.123. The fourth-order valence-electron chi connectivity index (χ4n) is 4.44. The second kappa shape index (κ2) is 12.1. The molecule has 3 rings (SSSR count). The fourth-order valence-corrected chi connectivity index (χ4v) is 4.44. The van der Waals surface area contributed by atoms with Crippen LogP contribution in [0.3, 0.4) is 0 Å². The maximum atomic E-state index is 11.1. The first-order chi connectivity index (χ1) is 14.3. The topological polar surface area (TPSA) is 76.0 Å². The van der Waals surface area contributed by atoms with E-state index in [2.05, 4.69) is 27.7 Å². The zero-order chi connectivity index (χ0) is 23.9. The van der Waals surface area contributed by atoms with Gasteiger partial charge in [-0.25, -0.2) is 0 Å². The van der Waals surface area contributed by atoms with Crippen LogP contribution in [0.15, 0.2) is 0 Å². The first-order valence-electron chi connectivity index (χ1n) is 12.3. The highest BCUT2D eigenvalue weighted by atomic mass is 16.7. The summed E-state index contributed by atoms with van der Waals surface area (Å²) in [5.74, 6) is 1.96. The Labute approximate surface area is 191 Å². The van der Waals surface area contributed by atoms with Crippen LogP contribution < -0.4 is 0 Å². The summed E-state index contributed by atoms with van der Waals surface area (Å²) in [4.78, 5) is 11.1. The summed E-state index contributed by atoms with van der Waals surface area (Å²) >= 11 is 0. The molecule has 0 amide bonds. The van der Waals surface area contributed by atoms with E-state index in [0.29, 0.717) is 29.5 Å². The number of ether oxygens (including phenoxy) is 2. The maximum Gasteiger partial charge on any atom is 0.173 e. The van der Waals surface area contributed by atoms with Crippen molar-refractivity contribution >= 4 is 5.78 Å². The second-order valence-corrected chi connectivity index (χ2v) is 11.8. The van der Waals surface area contributed by atoms with Crippen molar-refractivity contribution in [2.24, 2.45) is 34.5 Å². The Bertz CT molecular complexity index is 502. The smallest absolute Gasteiger partial charge is 0.173 e. The van der Waals surface area contributed by atoms with Crippen LogP contribution >= 0.6 is 0 Å². The Morgan fingerprint density at radius 1 is 0.839 bits per heavy atom. The van der Waals surface area contributed by atoms with Crippen LogP contribution in [-0.4, -0.2) is 48.2 Å². The van der Waals surface area contributed by atoms with Gasteiger partial charge in [-0.2, -0.15) is 0 Å². The molecule has 5 heteroatoms. The van der Waals surface area contributed by atoms with Crippen molar-refractivity contribution < 1.29 is 24.5 Å². The molecule has 4 atom stereocenters. The summed E-state index contributed by atoms with van der Waals surface area (Å²) in [6, 6.07) is 0. The van der Waals surface area contributed by atoms with Crippen LogP contribution in [0.2, 0.25) is 0 Å². The minimum absolute atomic E-state index is 0.0451. The Balaban J connectivity index is 0.000000257. The van der Waals surface area contributed by atoms with Gasteiger partial charge in [0.2, 0.25) is 0 Å². The molecule has 1 spiro atoms. The lowest BCUT2D eigenvalue weighted by Gasteiger charge is -2.52. The van der Waals surface area contributed by atoms with Gasteiger partial charge in [0.1, 0.15) is 5.78 Å². The van der Waals surface area contributed by atoms with Crippen molar-refractivity contribution in [2.45, 2.75) is 99.7 Å². The number of hydrogen-bond donors (Lipinski definition) is 2. The predicted octanol–water partition coefficient (Wildman–Crippen LogP) is 5.22. The van der Waals surface area contributed by atoms with Crippen molar-refractivity contribution in [3.63, 3.8) is 0 Å². The highest BCUT2D eigenvalue weighted by Gasteiger charge is 2.49. The van der Waals surface area contributed by atoms with Gasteiger partial charge in [-0.1, -0.05) is 68.2 Å². The molecule has 184 valence electrons. The normalized spacial score (nSPS) is 32.4. The molecule has 0 radical (unpaired) electrons. The van der Waals surface area contributed by atoms with Crippen LogP contribution in [0.4, 0.5) is 0 Å². The van der Waals surface area contributed by atoms with Gasteiger partial charge in [0.05, 0.1) is 26.4 Å². The molecule has 1 saturated heterocycles. The number of aliphatic hydroxyl groups is 2. The molecule has 0 aromatic heterocycles. The fraction of sp³-hybridized carbons (Fsp3) is 0.962. The first kappa shape index (κ1) is 28.5. The average molecular weight is 443 g/mol. The van der Waals surface area contributed by atoms with Crippen LogP contribution in [0, 0.1) is 34.5 Å². The Hall–Kier alpha value is -0.490. The third-order valence-corrected chi connectivity index (χ3v) is 7.13. The molecule has 3 fully saturated rings. The third kappa shape index (κ3) is 8.42. The zero-order valence-electron chi connectivity index (χ0n) is 21.5. The standard InChI is InChI=1S/C13H24O2.C8H14O.C5H12O2/c1-10-6-5-7-11(2)13(10)14-8-12(3,4)9-15-13;1-6-4-3-5-7(2)8(6)9;1-5(2,3-6)4-7/h10-11H,5-9H2,1-4H3;6-7H,3-5H2,1-2H3;6-7H,3-4H2,1-2H3. The molecule has 1 aliphatic heterocycles. The number of Topliss-reactive ketones (excluding diaryl/α,β-unsaturated/α-hetero) is 1. The minimum Gasteiger partial charge on any atom is -0.396 e. The third-order valence-electron chi connectivity index (χ3n) is 7.13. The van der Waals surface area contributed by atoms with Crippen molar-refractivity contribution in [2.75, 3.05) is 26.4 Å². The molecular formula is C26H50O5. The van der Waals surface area contributed by atoms with E-state index in [1.807, 2.05) is 13.8 Å². The summed E-state index contributed by atoms with van der Waals surface area (Å²) in [6.07, 6.45) is 7.27. The molecule has 1 heterocycles. The molecule has 0 aromatic rings. The maximum absolute atomic E-state index is 11.1. The first-order valence-corrected chi connectivity index (χ1v) is 12.3. The van der Waals surface area contributed by atoms with E-state index < -0.39 is 0 Å². The van der Waals surface area contributed by atoms with Gasteiger partial charge in [0, 0.05) is 34.5 Å². The summed E-state index contributed by atoms with van der Waals surface area (Å²) in [6.45, 7) is 18.4. The molecule has 5 nitrogen and oxygen atoms in total. The van der Waals surface area contributed by atoms with Crippen molar-refractivity contribution in [3.05, 3.63) is 0 Å². The van der Waals surface area contributed by atoms with E-state index in [4.69, 9.17) is 19.7 Å². The van der Waals surface area contributed by atoms with Crippen molar-refractivity contribution in [3.8, 4) is 0 Å². The van der Waals surface area contributed by atoms with Gasteiger partial charge in [-0.05, 0) is 25.7 Å². The molecule has 4 unspecified atom stereocenters. The molecule has 0 aromatic carbocycles. The number of rotatable bonds is 2. The number of aliphatic hydroxyl groups excluding tert-OH is 2. The molecule has 2 aliphatic carbocycles. The molecule has 31 heavy (non-hydrogen) atoms. The Kier molecular flexibility index (Phi) is 11.1. The zero-order valence-corrected chi connectivity index (χ0v) is 21.5. The average Bonchev–Trinajstić information content (AvgIpc) is 2.72. The predicted molar refractivity (Wildman–Crippen MR) is 126 cm³/mol. The minimum atomic E-state index is -0.306. The molecule has 3 aliphatic rings.